The Morgan fingerprint density at radius 2 is 1.92 bits per heavy atom. The van der Waals surface area contributed by atoms with E-state index in [4.69, 9.17) is 4.74 Å². The number of carbonyl (C=O) groups excluding carboxylic acids is 1. The molecule has 1 aliphatic rings. The van der Waals surface area contributed by atoms with E-state index in [-0.39, 0.29) is 17.5 Å². The molecule has 0 bridgehead atoms. The predicted molar refractivity (Wildman–Crippen MR) is 100 cm³/mol. The fourth-order valence-electron chi connectivity index (χ4n) is 3.25. The summed E-state index contributed by atoms with van der Waals surface area (Å²) >= 11 is 0. The third kappa shape index (κ3) is 4.12. The van der Waals surface area contributed by atoms with Crippen molar-refractivity contribution < 1.29 is 9.53 Å². The first-order chi connectivity index (χ1) is 12.6. The Morgan fingerprint density at radius 3 is 2.58 bits per heavy atom. The molecule has 1 aliphatic carbocycles. The number of hydrogen-bond donors (Lipinski definition) is 1. The highest BCUT2D eigenvalue weighted by atomic mass is 16.5. The van der Waals surface area contributed by atoms with Crippen LogP contribution in [0.4, 0.5) is 0 Å². The summed E-state index contributed by atoms with van der Waals surface area (Å²) < 4.78 is 6.70. The van der Waals surface area contributed by atoms with Crippen molar-refractivity contribution in [2.24, 2.45) is 0 Å². The zero-order chi connectivity index (χ0) is 18.5. The average Bonchev–Trinajstić information content (AvgIpc) is 3.15. The van der Waals surface area contributed by atoms with Gasteiger partial charge < -0.3 is 10.1 Å². The number of carbonyl (C=O) groups is 1. The van der Waals surface area contributed by atoms with Crippen LogP contribution in [0.2, 0.25) is 0 Å². The Labute approximate surface area is 153 Å². The van der Waals surface area contributed by atoms with Crippen molar-refractivity contribution in [3.63, 3.8) is 0 Å². The lowest BCUT2D eigenvalue weighted by Crippen LogP contribution is -2.40. The minimum Gasteiger partial charge on any atom is -0.494 e. The second-order valence-corrected chi connectivity index (χ2v) is 6.62. The van der Waals surface area contributed by atoms with E-state index in [9.17, 15) is 9.59 Å². The standard InChI is InChI=1S/C20H25N3O3/c1-3-26-17-10-8-15(9-11-17)18-12-13-19(24)23(22-18)14(2)20(25)21-16-6-4-5-7-16/h8-14,16H,3-7H2,1-2H3,(H,21,25). The van der Waals surface area contributed by atoms with Crippen LogP contribution < -0.4 is 15.6 Å². The largest absolute Gasteiger partial charge is 0.494 e. The van der Waals surface area contributed by atoms with Crippen LogP contribution >= 0.6 is 0 Å². The molecule has 1 aromatic heterocycles. The number of nitrogens with one attached hydrogen (secondary N) is 1. The lowest BCUT2D eigenvalue weighted by Gasteiger charge is -2.18. The van der Waals surface area contributed by atoms with Crippen LogP contribution in [0, 0.1) is 0 Å². The summed E-state index contributed by atoms with van der Waals surface area (Å²) in [6.45, 7) is 4.25. The second kappa shape index (κ2) is 8.17. The van der Waals surface area contributed by atoms with Crippen molar-refractivity contribution in [3.8, 4) is 17.0 Å². The zero-order valence-corrected chi connectivity index (χ0v) is 15.3. The Morgan fingerprint density at radius 1 is 1.23 bits per heavy atom. The first-order valence-electron chi connectivity index (χ1n) is 9.22. The molecule has 1 saturated carbocycles. The highest BCUT2D eigenvalue weighted by molar-refractivity contribution is 5.80. The maximum absolute atomic E-state index is 12.5. The molecule has 1 N–H and O–H groups in total. The van der Waals surface area contributed by atoms with E-state index in [1.54, 1.807) is 13.0 Å². The number of hydrogen-bond acceptors (Lipinski definition) is 4. The van der Waals surface area contributed by atoms with Crippen LogP contribution in [0.3, 0.4) is 0 Å². The van der Waals surface area contributed by atoms with E-state index < -0.39 is 6.04 Å². The fourth-order valence-corrected chi connectivity index (χ4v) is 3.25. The maximum Gasteiger partial charge on any atom is 0.267 e. The third-order valence-corrected chi connectivity index (χ3v) is 4.73. The summed E-state index contributed by atoms with van der Waals surface area (Å²) in [5.41, 5.74) is 1.23. The van der Waals surface area contributed by atoms with Gasteiger partial charge in [-0.05, 0) is 57.0 Å². The number of ether oxygens (including phenoxy) is 1. The molecule has 1 unspecified atom stereocenters. The van der Waals surface area contributed by atoms with E-state index in [0.717, 1.165) is 37.0 Å². The van der Waals surface area contributed by atoms with E-state index in [0.29, 0.717) is 12.3 Å². The monoisotopic (exact) mass is 355 g/mol. The summed E-state index contributed by atoms with van der Waals surface area (Å²) in [6, 6.07) is 10.2. The number of benzene rings is 1. The summed E-state index contributed by atoms with van der Waals surface area (Å²) in [7, 11) is 0. The molecule has 6 heteroatoms. The summed E-state index contributed by atoms with van der Waals surface area (Å²) in [4.78, 5) is 24.7. The number of nitrogens with zero attached hydrogens (tertiary/aromatic N) is 2. The molecule has 1 aromatic carbocycles. The van der Waals surface area contributed by atoms with Crippen molar-refractivity contribution in [2.45, 2.75) is 51.6 Å². The number of aromatic nitrogens is 2. The summed E-state index contributed by atoms with van der Waals surface area (Å²) in [5.74, 6) is 0.629. The van der Waals surface area contributed by atoms with Gasteiger partial charge in [0.05, 0.1) is 12.3 Å². The Hall–Kier alpha value is -2.63. The molecule has 1 amide bonds. The number of rotatable bonds is 6. The van der Waals surface area contributed by atoms with E-state index in [2.05, 4.69) is 10.4 Å². The van der Waals surface area contributed by atoms with E-state index in [1.807, 2.05) is 31.2 Å². The second-order valence-electron chi connectivity index (χ2n) is 6.62. The van der Waals surface area contributed by atoms with Crippen LogP contribution in [0.1, 0.15) is 45.6 Å². The molecular formula is C20H25N3O3. The van der Waals surface area contributed by atoms with Gasteiger partial charge in [-0.3, -0.25) is 9.59 Å². The maximum atomic E-state index is 12.5. The van der Waals surface area contributed by atoms with Gasteiger partial charge in [0.2, 0.25) is 5.91 Å². The molecule has 3 rings (SSSR count). The van der Waals surface area contributed by atoms with Gasteiger partial charge >= 0.3 is 0 Å². The molecule has 0 saturated heterocycles. The molecule has 2 aromatic rings. The molecule has 0 radical (unpaired) electrons. The Balaban J connectivity index is 1.80. The molecule has 0 spiro atoms. The molecule has 6 nitrogen and oxygen atoms in total. The van der Waals surface area contributed by atoms with Crippen LogP contribution in [0.15, 0.2) is 41.2 Å². The lowest BCUT2D eigenvalue weighted by molar-refractivity contribution is -0.124. The van der Waals surface area contributed by atoms with Crippen LogP contribution in [0.5, 0.6) is 5.75 Å². The summed E-state index contributed by atoms with van der Waals surface area (Å²) in [6.07, 6.45) is 4.30. The Kier molecular flexibility index (Phi) is 5.71. The van der Waals surface area contributed by atoms with Gasteiger partial charge in [0.15, 0.2) is 0 Å². The van der Waals surface area contributed by atoms with Gasteiger partial charge in [0.1, 0.15) is 11.8 Å². The number of amides is 1. The van der Waals surface area contributed by atoms with Crippen molar-refractivity contribution in [2.75, 3.05) is 6.61 Å². The van der Waals surface area contributed by atoms with Gasteiger partial charge in [-0.1, -0.05) is 12.8 Å². The zero-order valence-electron chi connectivity index (χ0n) is 15.3. The van der Waals surface area contributed by atoms with Crippen LogP contribution in [0.25, 0.3) is 11.3 Å². The first-order valence-corrected chi connectivity index (χ1v) is 9.22. The van der Waals surface area contributed by atoms with E-state index >= 15 is 0 Å². The van der Waals surface area contributed by atoms with Crippen molar-refractivity contribution >= 4 is 5.91 Å². The van der Waals surface area contributed by atoms with Crippen molar-refractivity contribution in [1.82, 2.24) is 15.1 Å². The summed E-state index contributed by atoms with van der Waals surface area (Å²) in [5, 5.41) is 7.45. The fraction of sp³-hybridized carbons (Fsp3) is 0.450. The molecule has 1 fully saturated rings. The highest BCUT2D eigenvalue weighted by Gasteiger charge is 2.23. The molecule has 138 valence electrons. The van der Waals surface area contributed by atoms with Crippen molar-refractivity contribution in [1.29, 1.82) is 0 Å². The lowest BCUT2D eigenvalue weighted by atomic mass is 10.1. The molecule has 1 heterocycles. The minimum absolute atomic E-state index is 0.157. The van der Waals surface area contributed by atoms with E-state index in [1.165, 1.54) is 10.7 Å². The molecular weight excluding hydrogens is 330 g/mol. The van der Waals surface area contributed by atoms with Crippen LogP contribution in [-0.2, 0) is 4.79 Å². The van der Waals surface area contributed by atoms with Gasteiger partial charge in [-0.15, -0.1) is 0 Å². The minimum atomic E-state index is -0.647. The third-order valence-electron chi connectivity index (χ3n) is 4.73. The van der Waals surface area contributed by atoms with Crippen molar-refractivity contribution in [3.05, 3.63) is 46.8 Å². The first kappa shape index (κ1) is 18.2. The van der Waals surface area contributed by atoms with Gasteiger partial charge in [-0.25, -0.2) is 4.68 Å². The molecule has 0 aliphatic heterocycles. The molecule has 1 atom stereocenters. The average molecular weight is 355 g/mol. The topological polar surface area (TPSA) is 73.2 Å². The molecule has 26 heavy (non-hydrogen) atoms. The Bertz CT molecular complexity index is 808. The van der Waals surface area contributed by atoms with Crippen LogP contribution in [-0.4, -0.2) is 28.3 Å². The SMILES string of the molecule is CCOc1ccc(-c2ccc(=O)n(C(C)C(=O)NC3CCCC3)n2)cc1. The quantitative estimate of drug-likeness (QED) is 0.865. The van der Waals surface area contributed by atoms with Gasteiger partial charge in [-0.2, -0.15) is 5.10 Å². The highest BCUT2D eigenvalue weighted by Crippen LogP contribution is 2.21. The predicted octanol–water partition coefficient (Wildman–Crippen LogP) is 2.93. The van der Waals surface area contributed by atoms with Gasteiger partial charge in [0.25, 0.3) is 5.56 Å². The van der Waals surface area contributed by atoms with Gasteiger partial charge in [0, 0.05) is 17.7 Å². The normalized spacial score (nSPS) is 15.6. The smallest absolute Gasteiger partial charge is 0.267 e.